The van der Waals surface area contributed by atoms with Gasteiger partial charge in [0.05, 0.1) is 18.2 Å². The highest BCUT2D eigenvalue weighted by Crippen LogP contribution is 2.39. The fourth-order valence-corrected chi connectivity index (χ4v) is 3.05. The maximum Gasteiger partial charge on any atom is 0.338 e. The Hall–Kier alpha value is -3.26. The van der Waals surface area contributed by atoms with Gasteiger partial charge in [-0.3, -0.25) is 4.79 Å². The number of methoxy groups -OCH3 is 1. The molecule has 1 aliphatic heterocycles. The molecule has 7 nitrogen and oxygen atoms in total. The molecule has 29 heavy (non-hydrogen) atoms. The molecule has 0 aliphatic carbocycles. The van der Waals surface area contributed by atoms with Gasteiger partial charge in [0, 0.05) is 6.92 Å². The highest BCUT2D eigenvalue weighted by Gasteiger charge is 2.51. The van der Waals surface area contributed by atoms with Crippen molar-refractivity contribution in [1.82, 2.24) is 0 Å². The van der Waals surface area contributed by atoms with Crippen molar-refractivity contribution >= 4 is 17.9 Å². The Morgan fingerprint density at radius 2 is 1.59 bits per heavy atom. The van der Waals surface area contributed by atoms with Crippen LogP contribution in [-0.4, -0.2) is 43.6 Å². The normalized spacial score (nSPS) is 23.3. The molecule has 2 aromatic carbocycles. The lowest BCUT2D eigenvalue weighted by Crippen LogP contribution is -2.36. The molecule has 2 aromatic rings. The smallest absolute Gasteiger partial charge is 0.338 e. The summed E-state index contributed by atoms with van der Waals surface area (Å²) in [5.74, 6) is -2.20. The van der Waals surface area contributed by atoms with Crippen molar-refractivity contribution < 1.29 is 37.7 Å². The molecule has 1 saturated heterocycles. The Kier molecular flexibility index (Phi) is 6.23. The summed E-state index contributed by atoms with van der Waals surface area (Å²) in [6.45, 7) is 1.13. The SMILES string of the molecule is COC(=O)c1ccccc1[C@H]1OC(OC(C)=O)[C@H](OC(=O)c2ccccc2)[C@@H]1F. The van der Waals surface area contributed by atoms with Crippen LogP contribution in [-0.2, 0) is 23.7 Å². The number of carbonyl (C=O) groups is 3. The Bertz CT molecular complexity index is 899. The van der Waals surface area contributed by atoms with Crippen LogP contribution in [0.3, 0.4) is 0 Å². The number of benzene rings is 2. The number of carbonyl (C=O) groups excluding carboxylic acids is 3. The first-order valence-electron chi connectivity index (χ1n) is 8.82. The highest BCUT2D eigenvalue weighted by molar-refractivity contribution is 5.91. The summed E-state index contributed by atoms with van der Waals surface area (Å²) in [6.07, 6.45) is -6.17. The lowest BCUT2D eigenvalue weighted by Gasteiger charge is -2.19. The van der Waals surface area contributed by atoms with Gasteiger partial charge in [0.15, 0.2) is 12.3 Å². The number of rotatable bonds is 5. The van der Waals surface area contributed by atoms with Gasteiger partial charge in [0.2, 0.25) is 6.29 Å². The lowest BCUT2D eigenvalue weighted by molar-refractivity contribution is -0.186. The molecule has 1 heterocycles. The first-order valence-corrected chi connectivity index (χ1v) is 8.82. The van der Waals surface area contributed by atoms with Crippen molar-refractivity contribution in [2.45, 2.75) is 31.6 Å². The number of ether oxygens (including phenoxy) is 4. The van der Waals surface area contributed by atoms with E-state index < -0.39 is 42.6 Å². The number of hydrogen-bond donors (Lipinski definition) is 0. The molecule has 0 N–H and O–H groups in total. The summed E-state index contributed by atoms with van der Waals surface area (Å²) in [5, 5.41) is 0. The van der Waals surface area contributed by atoms with Gasteiger partial charge in [0.25, 0.3) is 0 Å². The van der Waals surface area contributed by atoms with Gasteiger partial charge in [-0.15, -0.1) is 0 Å². The zero-order valence-electron chi connectivity index (χ0n) is 15.7. The molecule has 8 heteroatoms. The van der Waals surface area contributed by atoms with Gasteiger partial charge < -0.3 is 18.9 Å². The molecule has 1 unspecified atom stereocenters. The van der Waals surface area contributed by atoms with Gasteiger partial charge in [-0.2, -0.15) is 0 Å². The largest absolute Gasteiger partial charge is 0.465 e. The summed E-state index contributed by atoms with van der Waals surface area (Å²) in [7, 11) is 1.20. The third kappa shape index (κ3) is 4.43. The van der Waals surface area contributed by atoms with Crippen LogP contribution in [0.25, 0.3) is 0 Å². The molecule has 1 aliphatic rings. The summed E-state index contributed by atoms with van der Waals surface area (Å²) in [4.78, 5) is 35.8. The molecule has 4 atom stereocenters. The molecule has 1 fully saturated rings. The van der Waals surface area contributed by atoms with Crippen LogP contribution in [0.15, 0.2) is 54.6 Å². The predicted molar refractivity (Wildman–Crippen MR) is 97.7 cm³/mol. The summed E-state index contributed by atoms with van der Waals surface area (Å²) >= 11 is 0. The molecule has 0 amide bonds. The molecular formula is C21H19FO7. The van der Waals surface area contributed by atoms with Crippen LogP contribution in [0.5, 0.6) is 0 Å². The third-order valence-electron chi connectivity index (χ3n) is 4.36. The monoisotopic (exact) mass is 402 g/mol. The zero-order valence-corrected chi connectivity index (χ0v) is 15.7. The number of halogens is 1. The van der Waals surface area contributed by atoms with E-state index >= 15 is 4.39 Å². The van der Waals surface area contributed by atoms with Gasteiger partial charge in [0.1, 0.15) is 6.10 Å². The van der Waals surface area contributed by atoms with Crippen molar-refractivity contribution in [3.8, 4) is 0 Å². The summed E-state index contributed by atoms with van der Waals surface area (Å²) in [5.41, 5.74) is 0.501. The zero-order chi connectivity index (χ0) is 21.0. The predicted octanol–water partition coefficient (Wildman–Crippen LogP) is 3.00. The van der Waals surface area contributed by atoms with Gasteiger partial charge in [-0.1, -0.05) is 36.4 Å². The van der Waals surface area contributed by atoms with Crippen molar-refractivity contribution in [3.63, 3.8) is 0 Å². The van der Waals surface area contributed by atoms with E-state index in [1.54, 1.807) is 30.3 Å². The fourth-order valence-electron chi connectivity index (χ4n) is 3.05. The van der Waals surface area contributed by atoms with Crippen LogP contribution < -0.4 is 0 Å². The Balaban J connectivity index is 1.90. The topological polar surface area (TPSA) is 88.1 Å². The summed E-state index contributed by atoms with van der Waals surface area (Å²) < 4.78 is 35.9. The highest BCUT2D eigenvalue weighted by atomic mass is 19.1. The maximum atomic E-state index is 15.3. The minimum Gasteiger partial charge on any atom is -0.465 e. The van der Waals surface area contributed by atoms with Crippen LogP contribution >= 0.6 is 0 Å². The second kappa shape index (κ2) is 8.83. The lowest BCUT2D eigenvalue weighted by atomic mass is 9.98. The third-order valence-corrected chi connectivity index (χ3v) is 4.36. The second-order valence-corrected chi connectivity index (χ2v) is 6.29. The average molecular weight is 402 g/mol. The van der Waals surface area contributed by atoms with E-state index in [1.165, 1.54) is 31.4 Å². The first kappa shape index (κ1) is 20.5. The molecule has 0 saturated carbocycles. The van der Waals surface area contributed by atoms with E-state index in [-0.39, 0.29) is 16.7 Å². The minimum absolute atomic E-state index is 0.0965. The molecule has 0 bridgehead atoms. The molecule has 3 rings (SSSR count). The molecule has 0 spiro atoms. The second-order valence-electron chi connectivity index (χ2n) is 6.29. The van der Waals surface area contributed by atoms with E-state index in [2.05, 4.69) is 0 Å². The van der Waals surface area contributed by atoms with Gasteiger partial charge in [-0.05, 0) is 23.8 Å². The van der Waals surface area contributed by atoms with Gasteiger partial charge >= 0.3 is 17.9 Å². The molecule has 152 valence electrons. The van der Waals surface area contributed by atoms with Crippen molar-refractivity contribution in [2.24, 2.45) is 0 Å². The fraction of sp³-hybridized carbons (Fsp3) is 0.286. The first-order chi connectivity index (χ1) is 13.9. The Labute approximate surface area is 166 Å². The van der Waals surface area contributed by atoms with Crippen LogP contribution in [0.2, 0.25) is 0 Å². The molecule has 0 aromatic heterocycles. The number of hydrogen-bond acceptors (Lipinski definition) is 7. The maximum absolute atomic E-state index is 15.3. The van der Waals surface area contributed by atoms with E-state index in [9.17, 15) is 14.4 Å². The van der Waals surface area contributed by atoms with Crippen LogP contribution in [0.1, 0.15) is 39.3 Å². The van der Waals surface area contributed by atoms with Gasteiger partial charge in [-0.25, -0.2) is 14.0 Å². The number of esters is 3. The van der Waals surface area contributed by atoms with Crippen molar-refractivity contribution in [2.75, 3.05) is 7.11 Å². The molecular weight excluding hydrogens is 383 g/mol. The van der Waals surface area contributed by atoms with Crippen LogP contribution in [0, 0.1) is 0 Å². The quantitative estimate of drug-likeness (QED) is 0.561. The Morgan fingerprint density at radius 1 is 0.931 bits per heavy atom. The molecule has 0 radical (unpaired) electrons. The Morgan fingerprint density at radius 3 is 2.24 bits per heavy atom. The van der Waals surface area contributed by atoms with Crippen LogP contribution in [0.4, 0.5) is 4.39 Å². The minimum atomic E-state index is -1.89. The van der Waals surface area contributed by atoms with Crippen molar-refractivity contribution in [1.29, 1.82) is 0 Å². The van der Waals surface area contributed by atoms with E-state index in [0.717, 1.165) is 6.92 Å². The summed E-state index contributed by atoms with van der Waals surface area (Å²) in [6, 6.07) is 14.1. The van der Waals surface area contributed by atoms with E-state index in [1.807, 2.05) is 0 Å². The van der Waals surface area contributed by atoms with E-state index in [4.69, 9.17) is 18.9 Å². The average Bonchev–Trinajstić information content (AvgIpc) is 3.02. The number of alkyl halides is 1. The van der Waals surface area contributed by atoms with Crippen molar-refractivity contribution in [3.05, 3.63) is 71.3 Å². The standard InChI is InChI=1S/C21H19FO7/c1-12(23)27-21-18(28-19(24)13-8-4-3-5-9-13)16(22)17(29-21)14-10-6-7-11-15(14)20(25)26-2/h3-11,16-18,21H,1-2H3/t16-,17-,18-,21?/m1/s1. The van der Waals surface area contributed by atoms with E-state index in [0.29, 0.717) is 0 Å².